The molecule has 0 spiro atoms. The highest BCUT2D eigenvalue weighted by atomic mass is 16.7. The highest BCUT2D eigenvalue weighted by Crippen LogP contribution is 2.37. The summed E-state index contributed by atoms with van der Waals surface area (Å²) < 4.78 is 16.0. The molecule has 0 atom stereocenters. The second kappa shape index (κ2) is 5.96. The number of nitro groups is 1. The van der Waals surface area contributed by atoms with Gasteiger partial charge in [-0.25, -0.2) is 0 Å². The lowest BCUT2D eigenvalue weighted by molar-refractivity contribution is -0.384. The zero-order valence-corrected chi connectivity index (χ0v) is 12.6. The van der Waals surface area contributed by atoms with Crippen LogP contribution in [-0.2, 0) is 0 Å². The molecule has 118 valence electrons. The van der Waals surface area contributed by atoms with Gasteiger partial charge in [-0.15, -0.1) is 0 Å². The van der Waals surface area contributed by atoms with Crippen molar-refractivity contribution in [2.24, 2.45) is 4.99 Å². The fourth-order valence-electron chi connectivity index (χ4n) is 2.25. The maximum Gasteiger partial charge on any atom is 0.269 e. The molecule has 0 saturated carbocycles. The van der Waals surface area contributed by atoms with Crippen molar-refractivity contribution in [3.63, 3.8) is 0 Å². The van der Waals surface area contributed by atoms with Gasteiger partial charge in [0.05, 0.1) is 17.7 Å². The molecule has 0 unspecified atom stereocenters. The molecule has 0 bridgehead atoms. The van der Waals surface area contributed by atoms with Crippen LogP contribution in [0.1, 0.15) is 11.1 Å². The number of hydrogen-bond donors (Lipinski definition) is 0. The molecule has 2 aromatic carbocycles. The predicted octanol–water partition coefficient (Wildman–Crippen LogP) is 3.39. The molecule has 1 aliphatic heterocycles. The standard InChI is InChI=1S/C16H14N2O5/c1-10-5-12(18(19)20)3-4-13(10)17-8-11-6-15-16(23-9-22-15)7-14(11)21-2/h3-8H,9H2,1-2H3. The smallest absolute Gasteiger partial charge is 0.269 e. The van der Waals surface area contributed by atoms with Crippen LogP contribution in [-0.4, -0.2) is 25.0 Å². The van der Waals surface area contributed by atoms with Crippen molar-refractivity contribution in [2.45, 2.75) is 6.92 Å². The third-order valence-electron chi connectivity index (χ3n) is 3.46. The van der Waals surface area contributed by atoms with Crippen molar-refractivity contribution < 1.29 is 19.1 Å². The summed E-state index contributed by atoms with van der Waals surface area (Å²) in [5.74, 6) is 1.87. The summed E-state index contributed by atoms with van der Waals surface area (Å²) in [5, 5.41) is 10.8. The van der Waals surface area contributed by atoms with Gasteiger partial charge in [0.2, 0.25) is 6.79 Å². The van der Waals surface area contributed by atoms with Gasteiger partial charge in [-0.2, -0.15) is 0 Å². The van der Waals surface area contributed by atoms with Crippen LogP contribution in [0.4, 0.5) is 11.4 Å². The summed E-state index contributed by atoms with van der Waals surface area (Å²) in [5.41, 5.74) is 2.14. The van der Waals surface area contributed by atoms with Crippen molar-refractivity contribution in [1.29, 1.82) is 0 Å². The normalized spacial score (nSPS) is 12.6. The number of rotatable bonds is 4. The monoisotopic (exact) mass is 314 g/mol. The Kier molecular flexibility index (Phi) is 3.84. The van der Waals surface area contributed by atoms with Gasteiger partial charge in [-0.05, 0) is 24.6 Å². The minimum Gasteiger partial charge on any atom is -0.496 e. The average Bonchev–Trinajstić information content (AvgIpc) is 2.99. The lowest BCUT2D eigenvalue weighted by Crippen LogP contribution is -1.92. The SMILES string of the molecule is COc1cc2c(cc1C=Nc1ccc([N+](=O)[O-])cc1C)OCO2. The van der Waals surface area contributed by atoms with E-state index in [9.17, 15) is 10.1 Å². The van der Waals surface area contributed by atoms with E-state index >= 15 is 0 Å². The Labute approximate surface area is 132 Å². The molecule has 0 saturated heterocycles. The maximum atomic E-state index is 10.8. The molecule has 7 nitrogen and oxygen atoms in total. The van der Waals surface area contributed by atoms with Crippen molar-refractivity contribution in [1.82, 2.24) is 0 Å². The molecule has 3 rings (SSSR count). The molecule has 0 fully saturated rings. The summed E-state index contributed by atoms with van der Waals surface area (Å²) in [6.45, 7) is 1.96. The highest BCUT2D eigenvalue weighted by Gasteiger charge is 2.17. The molecule has 1 heterocycles. The minimum absolute atomic E-state index is 0.0436. The zero-order valence-electron chi connectivity index (χ0n) is 12.6. The van der Waals surface area contributed by atoms with E-state index in [1.54, 1.807) is 38.4 Å². The van der Waals surface area contributed by atoms with Gasteiger partial charge >= 0.3 is 0 Å². The summed E-state index contributed by atoms with van der Waals surface area (Å²) in [6.07, 6.45) is 1.63. The third kappa shape index (κ3) is 2.94. The molecule has 0 aliphatic carbocycles. The van der Waals surface area contributed by atoms with Crippen LogP contribution in [0.3, 0.4) is 0 Å². The van der Waals surface area contributed by atoms with Crippen LogP contribution in [0.25, 0.3) is 0 Å². The average molecular weight is 314 g/mol. The van der Waals surface area contributed by atoms with E-state index in [2.05, 4.69) is 4.99 Å². The van der Waals surface area contributed by atoms with Crippen LogP contribution < -0.4 is 14.2 Å². The molecule has 0 radical (unpaired) electrons. The van der Waals surface area contributed by atoms with Crippen molar-refractivity contribution in [3.8, 4) is 17.2 Å². The van der Waals surface area contributed by atoms with Gasteiger partial charge in [0.15, 0.2) is 11.5 Å². The number of aryl methyl sites for hydroxylation is 1. The number of ether oxygens (including phenoxy) is 3. The number of aliphatic imine (C=N–C) groups is 1. The first-order valence-corrected chi connectivity index (χ1v) is 6.85. The van der Waals surface area contributed by atoms with E-state index in [0.717, 1.165) is 11.1 Å². The number of hydrogen-bond acceptors (Lipinski definition) is 6. The number of methoxy groups -OCH3 is 1. The van der Waals surface area contributed by atoms with Crippen LogP contribution >= 0.6 is 0 Å². The number of non-ortho nitro benzene ring substituents is 1. The Morgan fingerprint density at radius 2 is 2.00 bits per heavy atom. The molecular weight excluding hydrogens is 300 g/mol. The minimum atomic E-state index is -0.429. The molecule has 0 aromatic heterocycles. The molecule has 1 aliphatic rings. The fraction of sp³-hybridized carbons (Fsp3) is 0.188. The van der Waals surface area contributed by atoms with E-state index < -0.39 is 4.92 Å². The highest BCUT2D eigenvalue weighted by molar-refractivity contribution is 5.87. The van der Waals surface area contributed by atoms with Crippen molar-refractivity contribution >= 4 is 17.6 Å². The second-order valence-corrected chi connectivity index (χ2v) is 4.93. The van der Waals surface area contributed by atoms with Crippen LogP contribution in [0.15, 0.2) is 35.3 Å². The van der Waals surface area contributed by atoms with Crippen LogP contribution in [0.2, 0.25) is 0 Å². The summed E-state index contributed by atoms with van der Waals surface area (Å²) >= 11 is 0. The van der Waals surface area contributed by atoms with E-state index in [1.165, 1.54) is 12.1 Å². The van der Waals surface area contributed by atoms with Gasteiger partial charge in [0.25, 0.3) is 5.69 Å². The summed E-state index contributed by atoms with van der Waals surface area (Å²) in [7, 11) is 1.56. The Balaban J connectivity index is 1.92. The number of nitro benzene ring substituents is 1. The molecular formula is C16H14N2O5. The largest absolute Gasteiger partial charge is 0.496 e. The Morgan fingerprint density at radius 3 is 2.65 bits per heavy atom. The lowest BCUT2D eigenvalue weighted by atomic mass is 10.1. The number of fused-ring (bicyclic) bond motifs is 1. The zero-order chi connectivity index (χ0) is 16.4. The summed E-state index contributed by atoms with van der Waals surface area (Å²) in [6, 6.07) is 8.06. The molecule has 2 aromatic rings. The van der Waals surface area contributed by atoms with E-state index in [0.29, 0.717) is 22.9 Å². The first-order valence-electron chi connectivity index (χ1n) is 6.85. The van der Waals surface area contributed by atoms with Crippen LogP contribution in [0, 0.1) is 17.0 Å². The van der Waals surface area contributed by atoms with Crippen molar-refractivity contribution in [2.75, 3.05) is 13.9 Å². The second-order valence-electron chi connectivity index (χ2n) is 4.93. The summed E-state index contributed by atoms with van der Waals surface area (Å²) in [4.78, 5) is 14.7. The Bertz CT molecular complexity index is 801. The molecule has 0 N–H and O–H groups in total. The fourth-order valence-corrected chi connectivity index (χ4v) is 2.25. The Morgan fingerprint density at radius 1 is 1.26 bits per heavy atom. The third-order valence-corrected chi connectivity index (χ3v) is 3.46. The quantitative estimate of drug-likeness (QED) is 0.490. The van der Waals surface area contributed by atoms with Gasteiger partial charge in [-0.1, -0.05) is 0 Å². The topological polar surface area (TPSA) is 83.2 Å². The first kappa shape index (κ1) is 14.8. The maximum absolute atomic E-state index is 10.8. The van der Waals surface area contributed by atoms with E-state index in [1.807, 2.05) is 0 Å². The van der Waals surface area contributed by atoms with Crippen molar-refractivity contribution in [3.05, 3.63) is 51.6 Å². The van der Waals surface area contributed by atoms with E-state index in [4.69, 9.17) is 14.2 Å². The molecule has 7 heteroatoms. The number of nitrogens with zero attached hydrogens (tertiary/aromatic N) is 2. The van der Waals surface area contributed by atoms with Gasteiger partial charge in [0.1, 0.15) is 5.75 Å². The molecule has 0 amide bonds. The van der Waals surface area contributed by atoms with E-state index in [-0.39, 0.29) is 12.5 Å². The molecule has 23 heavy (non-hydrogen) atoms. The van der Waals surface area contributed by atoms with Crippen LogP contribution in [0.5, 0.6) is 17.2 Å². The predicted molar refractivity (Wildman–Crippen MR) is 84.2 cm³/mol. The van der Waals surface area contributed by atoms with Gasteiger partial charge in [0, 0.05) is 30.0 Å². The first-order chi connectivity index (χ1) is 11.1. The Hall–Kier alpha value is -3.09. The van der Waals surface area contributed by atoms with Gasteiger partial charge in [-0.3, -0.25) is 15.1 Å². The van der Waals surface area contributed by atoms with Gasteiger partial charge < -0.3 is 14.2 Å². The lowest BCUT2D eigenvalue weighted by Gasteiger charge is -2.06. The number of benzene rings is 2.